The third-order valence-corrected chi connectivity index (χ3v) is 3.11. The van der Waals surface area contributed by atoms with Crippen LogP contribution in [0.4, 0.5) is 0 Å². The van der Waals surface area contributed by atoms with E-state index in [1.165, 1.54) is 0 Å². The highest BCUT2D eigenvalue weighted by Crippen LogP contribution is 2.22. The van der Waals surface area contributed by atoms with E-state index in [0.717, 1.165) is 28.8 Å². The number of rotatable bonds is 6. The monoisotopic (exact) mass is 275 g/mol. The first-order valence-electron chi connectivity index (χ1n) is 5.26. The van der Waals surface area contributed by atoms with E-state index in [2.05, 4.69) is 34.9 Å². The van der Waals surface area contributed by atoms with Gasteiger partial charge in [0, 0.05) is 13.1 Å². The average Bonchev–Trinajstić information content (AvgIpc) is 2.56. The molecule has 0 bridgehead atoms. The highest BCUT2D eigenvalue weighted by atomic mass is 79.9. The lowest BCUT2D eigenvalue weighted by molar-refractivity contribution is 0.121. The summed E-state index contributed by atoms with van der Waals surface area (Å²) in [6.07, 6.45) is 0.928. The first-order chi connectivity index (χ1) is 7.24. The van der Waals surface area contributed by atoms with Crippen LogP contribution in [0, 0.1) is 0 Å². The molecule has 0 spiro atoms. The fraction of sp³-hybridized carbons (Fsp3) is 0.700. The van der Waals surface area contributed by atoms with Crippen LogP contribution in [-0.2, 0) is 24.3 Å². The Morgan fingerprint density at radius 3 is 2.73 bits per heavy atom. The van der Waals surface area contributed by atoms with Gasteiger partial charge in [0.05, 0.1) is 29.1 Å². The topological polar surface area (TPSA) is 53.1 Å². The summed E-state index contributed by atoms with van der Waals surface area (Å²) >= 11 is 3.56. The van der Waals surface area contributed by atoms with Gasteiger partial charge in [-0.2, -0.15) is 5.10 Å². The van der Waals surface area contributed by atoms with E-state index < -0.39 is 0 Å². The molecule has 0 atom stereocenters. The number of nitrogens with zero attached hydrogens (tertiary/aromatic N) is 2. The highest BCUT2D eigenvalue weighted by Gasteiger charge is 2.13. The molecule has 5 heteroatoms. The maximum atomic E-state index is 5.43. The minimum absolute atomic E-state index is 0.554. The Morgan fingerprint density at radius 2 is 2.20 bits per heavy atom. The number of aromatic nitrogens is 2. The van der Waals surface area contributed by atoms with Gasteiger partial charge in [-0.1, -0.05) is 6.92 Å². The van der Waals surface area contributed by atoms with Crippen molar-refractivity contribution in [3.63, 3.8) is 0 Å². The molecule has 15 heavy (non-hydrogen) atoms. The van der Waals surface area contributed by atoms with Crippen molar-refractivity contribution < 1.29 is 4.74 Å². The Kier molecular flexibility index (Phi) is 5.28. The maximum Gasteiger partial charge on any atom is 0.0897 e. The highest BCUT2D eigenvalue weighted by molar-refractivity contribution is 9.10. The lowest BCUT2D eigenvalue weighted by Gasteiger charge is -2.05. The van der Waals surface area contributed by atoms with Gasteiger partial charge in [0.2, 0.25) is 0 Å². The van der Waals surface area contributed by atoms with E-state index in [1.807, 2.05) is 4.68 Å². The van der Waals surface area contributed by atoms with E-state index in [1.54, 1.807) is 0 Å². The summed E-state index contributed by atoms with van der Waals surface area (Å²) < 4.78 is 8.48. The molecule has 4 nitrogen and oxygen atoms in total. The van der Waals surface area contributed by atoms with Crippen molar-refractivity contribution in [3.05, 3.63) is 15.9 Å². The lowest BCUT2D eigenvalue weighted by Crippen LogP contribution is -2.10. The van der Waals surface area contributed by atoms with Crippen molar-refractivity contribution in [2.24, 2.45) is 5.73 Å². The molecule has 0 radical (unpaired) electrons. The second-order valence-corrected chi connectivity index (χ2v) is 4.01. The zero-order valence-corrected chi connectivity index (χ0v) is 10.9. The molecule has 0 aliphatic heterocycles. The van der Waals surface area contributed by atoms with Crippen LogP contribution in [0.25, 0.3) is 0 Å². The van der Waals surface area contributed by atoms with E-state index >= 15 is 0 Å². The van der Waals surface area contributed by atoms with Gasteiger partial charge < -0.3 is 10.5 Å². The predicted molar refractivity (Wildman–Crippen MR) is 63.7 cm³/mol. The smallest absolute Gasteiger partial charge is 0.0897 e. The fourth-order valence-electron chi connectivity index (χ4n) is 1.41. The SMILES string of the molecule is CCc1nn(CC)c(COCCN)c1Br. The number of nitrogens with two attached hydrogens (primary N) is 1. The van der Waals surface area contributed by atoms with Crippen molar-refractivity contribution in [3.8, 4) is 0 Å². The summed E-state index contributed by atoms with van der Waals surface area (Å²) in [5, 5.41) is 4.48. The molecular formula is C10H18BrN3O. The summed E-state index contributed by atoms with van der Waals surface area (Å²) in [5.41, 5.74) is 7.56. The molecule has 86 valence electrons. The van der Waals surface area contributed by atoms with Crippen molar-refractivity contribution in [2.45, 2.75) is 33.4 Å². The van der Waals surface area contributed by atoms with E-state index in [0.29, 0.717) is 19.8 Å². The van der Waals surface area contributed by atoms with Crippen molar-refractivity contribution in [1.82, 2.24) is 9.78 Å². The standard InChI is InChI=1S/C10H18BrN3O/c1-3-8-10(11)9(7-15-6-5-12)14(4-2)13-8/h3-7,12H2,1-2H3. The first kappa shape index (κ1) is 12.7. The molecule has 0 fully saturated rings. The Morgan fingerprint density at radius 1 is 1.47 bits per heavy atom. The van der Waals surface area contributed by atoms with Crippen LogP contribution in [0.1, 0.15) is 25.2 Å². The van der Waals surface area contributed by atoms with E-state index in [9.17, 15) is 0 Å². The second-order valence-electron chi connectivity index (χ2n) is 3.22. The van der Waals surface area contributed by atoms with Crippen LogP contribution in [0.5, 0.6) is 0 Å². The Bertz CT molecular complexity index is 312. The lowest BCUT2D eigenvalue weighted by atomic mass is 10.3. The second kappa shape index (κ2) is 6.25. The molecule has 0 amide bonds. The number of hydrogen-bond donors (Lipinski definition) is 1. The predicted octanol–water partition coefficient (Wildman–Crippen LogP) is 1.70. The zero-order valence-electron chi connectivity index (χ0n) is 9.29. The van der Waals surface area contributed by atoms with Crippen molar-refractivity contribution in [1.29, 1.82) is 0 Å². The Labute approximate surface area is 98.9 Å². The maximum absolute atomic E-state index is 5.43. The van der Waals surface area contributed by atoms with Crippen LogP contribution in [0.15, 0.2) is 4.47 Å². The van der Waals surface area contributed by atoms with Crippen LogP contribution < -0.4 is 5.73 Å². The van der Waals surface area contributed by atoms with Gasteiger partial charge in [-0.3, -0.25) is 4.68 Å². The molecule has 0 aromatic carbocycles. The van der Waals surface area contributed by atoms with E-state index in [4.69, 9.17) is 10.5 Å². The quantitative estimate of drug-likeness (QED) is 0.805. The van der Waals surface area contributed by atoms with Crippen LogP contribution in [-0.4, -0.2) is 22.9 Å². The van der Waals surface area contributed by atoms with E-state index in [-0.39, 0.29) is 0 Å². The Hall–Kier alpha value is -0.390. The normalized spacial score (nSPS) is 10.9. The molecule has 0 unspecified atom stereocenters. The number of halogens is 1. The molecule has 0 aliphatic carbocycles. The number of ether oxygens (including phenoxy) is 1. The Balaban J connectivity index is 2.78. The van der Waals surface area contributed by atoms with Crippen LogP contribution in [0.2, 0.25) is 0 Å². The van der Waals surface area contributed by atoms with Gasteiger partial charge in [-0.05, 0) is 29.3 Å². The van der Waals surface area contributed by atoms with Gasteiger partial charge in [0.15, 0.2) is 0 Å². The minimum atomic E-state index is 0.554. The fourth-order valence-corrected chi connectivity index (χ4v) is 2.09. The molecule has 1 rings (SSSR count). The van der Waals surface area contributed by atoms with Gasteiger partial charge in [-0.15, -0.1) is 0 Å². The molecule has 0 aliphatic rings. The van der Waals surface area contributed by atoms with Crippen molar-refractivity contribution >= 4 is 15.9 Å². The summed E-state index contributed by atoms with van der Waals surface area (Å²) in [4.78, 5) is 0. The first-order valence-corrected chi connectivity index (χ1v) is 6.05. The molecule has 1 aromatic rings. The van der Waals surface area contributed by atoms with Crippen molar-refractivity contribution in [2.75, 3.05) is 13.2 Å². The molecule has 0 saturated heterocycles. The molecule has 1 aromatic heterocycles. The van der Waals surface area contributed by atoms with Gasteiger partial charge in [0.1, 0.15) is 0 Å². The molecule has 1 heterocycles. The number of aryl methyl sites for hydroxylation is 2. The molecule has 2 N–H and O–H groups in total. The minimum Gasteiger partial charge on any atom is -0.374 e. The molecule has 0 saturated carbocycles. The van der Waals surface area contributed by atoms with Gasteiger partial charge in [0.25, 0.3) is 0 Å². The summed E-state index contributed by atoms with van der Waals surface area (Å²) in [7, 11) is 0. The summed E-state index contributed by atoms with van der Waals surface area (Å²) in [6, 6.07) is 0. The third kappa shape index (κ3) is 3.03. The third-order valence-electron chi connectivity index (χ3n) is 2.20. The zero-order chi connectivity index (χ0) is 11.3. The van der Waals surface area contributed by atoms with Crippen LogP contribution in [0.3, 0.4) is 0 Å². The van der Waals surface area contributed by atoms with Gasteiger partial charge >= 0.3 is 0 Å². The average molecular weight is 276 g/mol. The summed E-state index contributed by atoms with van der Waals surface area (Å²) in [5.74, 6) is 0. The van der Waals surface area contributed by atoms with Crippen LogP contribution >= 0.6 is 15.9 Å². The van der Waals surface area contributed by atoms with Gasteiger partial charge in [-0.25, -0.2) is 0 Å². The molecular weight excluding hydrogens is 258 g/mol. The number of hydrogen-bond acceptors (Lipinski definition) is 3. The summed E-state index contributed by atoms with van der Waals surface area (Å²) in [6.45, 7) is 6.74. The largest absolute Gasteiger partial charge is 0.374 e.